The van der Waals surface area contributed by atoms with E-state index in [0.29, 0.717) is 10.6 Å². The first-order valence-corrected chi connectivity index (χ1v) is 10.2. The third-order valence-corrected chi connectivity index (χ3v) is 5.23. The number of carbonyl (C=O) groups excluding carboxylic acids is 1. The van der Waals surface area contributed by atoms with Gasteiger partial charge in [-0.3, -0.25) is 4.79 Å². The summed E-state index contributed by atoms with van der Waals surface area (Å²) in [5.41, 5.74) is 5.13. The molecule has 3 aromatic carbocycles. The van der Waals surface area contributed by atoms with E-state index in [9.17, 15) is 4.79 Å². The number of amides is 1. The third-order valence-electron chi connectivity index (χ3n) is 4.97. The smallest absolute Gasteiger partial charge is 0.251 e. The van der Waals surface area contributed by atoms with E-state index in [1.165, 1.54) is 5.56 Å². The van der Waals surface area contributed by atoms with Crippen molar-refractivity contribution in [2.45, 2.75) is 19.4 Å². The summed E-state index contributed by atoms with van der Waals surface area (Å²) in [6.45, 7) is 2.97. The molecule has 1 N–H and O–H groups in total. The van der Waals surface area contributed by atoms with E-state index in [-0.39, 0.29) is 24.4 Å². The summed E-state index contributed by atoms with van der Waals surface area (Å²) in [5.74, 6) is -0.0583. The average Bonchev–Trinajstić information content (AvgIpc) is 2.72. The van der Waals surface area contributed by atoms with Gasteiger partial charge in [0.15, 0.2) is 0 Å². The molecule has 158 valence electrons. The molecule has 1 amide bonds. The predicted octanol–water partition coefficient (Wildman–Crippen LogP) is 6.16. The van der Waals surface area contributed by atoms with Gasteiger partial charge >= 0.3 is 0 Å². The van der Waals surface area contributed by atoms with Gasteiger partial charge in [-0.1, -0.05) is 65.7 Å². The summed E-state index contributed by atoms with van der Waals surface area (Å²) < 4.78 is 0. The lowest BCUT2D eigenvalue weighted by Gasteiger charge is -2.21. The third kappa shape index (κ3) is 6.60. The number of aryl methyl sites for hydroxylation is 1. The Morgan fingerprint density at radius 2 is 1.43 bits per heavy atom. The minimum absolute atomic E-state index is 0. The molecule has 0 aliphatic carbocycles. The van der Waals surface area contributed by atoms with Crippen LogP contribution >= 0.6 is 24.0 Å². The van der Waals surface area contributed by atoms with Gasteiger partial charge in [0.25, 0.3) is 5.91 Å². The second-order valence-electron chi connectivity index (χ2n) is 7.61. The van der Waals surface area contributed by atoms with Crippen LogP contribution in [0.15, 0.2) is 72.8 Å². The molecule has 0 aliphatic heterocycles. The molecular weight excluding hydrogens is 415 g/mol. The van der Waals surface area contributed by atoms with E-state index >= 15 is 0 Å². The summed E-state index contributed by atoms with van der Waals surface area (Å²) >= 11 is 5.96. The molecule has 1 atom stereocenters. The number of carbonyl (C=O) groups is 1. The molecule has 0 fully saturated rings. The molecule has 5 heteroatoms. The van der Waals surface area contributed by atoms with Crippen LogP contribution < -0.4 is 5.32 Å². The minimum Gasteiger partial charge on any atom is -0.345 e. The first-order chi connectivity index (χ1) is 13.9. The average molecular weight is 443 g/mol. The summed E-state index contributed by atoms with van der Waals surface area (Å²) in [6.07, 6.45) is 0.852. The van der Waals surface area contributed by atoms with Gasteiger partial charge in [-0.15, -0.1) is 12.4 Å². The summed E-state index contributed by atoms with van der Waals surface area (Å²) in [7, 11) is 4.09. The van der Waals surface area contributed by atoms with Crippen LogP contribution in [0.3, 0.4) is 0 Å². The summed E-state index contributed by atoms with van der Waals surface area (Å²) in [5, 5.41) is 3.92. The highest BCUT2D eigenvalue weighted by atomic mass is 35.5. The highest BCUT2D eigenvalue weighted by molar-refractivity contribution is 6.30. The maximum Gasteiger partial charge on any atom is 0.251 e. The van der Waals surface area contributed by atoms with Crippen LogP contribution in [0.5, 0.6) is 0 Å². The lowest BCUT2D eigenvalue weighted by Crippen LogP contribution is -2.31. The van der Waals surface area contributed by atoms with Crippen LogP contribution in [0.4, 0.5) is 0 Å². The SMILES string of the molecule is Cc1ccc(C(CCN(C)C)NC(=O)c2ccc(-c3ccc(Cl)cc3)cc2)cc1.Cl. The van der Waals surface area contributed by atoms with Crippen molar-refractivity contribution in [1.29, 1.82) is 0 Å². The molecule has 1 unspecified atom stereocenters. The van der Waals surface area contributed by atoms with Crippen LogP contribution in [-0.2, 0) is 0 Å². The Balaban J connectivity index is 0.00000320. The lowest BCUT2D eigenvalue weighted by molar-refractivity contribution is 0.0932. The van der Waals surface area contributed by atoms with E-state index in [4.69, 9.17) is 11.6 Å². The van der Waals surface area contributed by atoms with E-state index < -0.39 is 0 Å². The maximum absolute atomic E-state index is 12.9. The number of nitrogens with zero attached hydrogens (tertiary/aromatic N) is 1. The molecule has 0 aliphatic rings. The van der Waals surface area contributed by atoms with E-state index in [1.807, 2.05) is 62.6 Å². The largest absolute Gasteiger partial charge is 0.345 e. The molecule has 0 bridgehead atoms. The molecule has 0 radical (unpaired) electrons. The number of hydrogen-bond donors (Lipinski definition) is 1. The van der Waals surface area contributed by atoms with Crippen LogP contribution in [-0.4, -0.2) is 31.4 Å². The zero-order chi connectivity index (χ0) is 20.8. The van der Waals surface area contributed by atoms with Gasteiger partial charge in [0.1, 0.15) is 0 Å². The standard InChI is InChI=1S/C25H27ClN2O.ClH/c1-18-4-6-21(7-5-18)24(16-17-28(2)3)27-25(29)22-10-8-19(9-11-22)20-12-14-23(26)15-13-20;/h4-15,24H,16-17H2,1-3H3,(H,27,29);1H. The molecule has 0 saturated heterocycles. The van der Waals surface area contributed by atoms with Gasteiger partial charge in [0.2, 0.25) is 0 Å². The fraction of sp³-hybridized carbons (Fsp3) is 0.240. The molecule has 0 aromatic heterocycles. The zero-order valence-electron chi connectivity index (χ0n) is 17.6. The Bertz CT molecular complexity index is 936. The molecule has 3 nitrogen and oxygen atoms in total. The first-order valence-electron chi connectivity index (χ1n) is 9.80. The van der Waals surface area contributed by atoms with Crippen molar-refractivity contribution < 1.29 is 4.79 Å². The predicted molar refractivity (Wildman–Crippen MR) is 129 cm³/mol. The highest BCUT2D eigenvalue weighted by Gasteiger charge is 2.16. The Kier molecular flexibility index (Phi) is 8.91. The maximum atomic E-state index is 12.9. The summed E-state index contributed by atoms with van der Waals surface area (Å²) in [4.78, 5) is 15.0. The summed E-state index contributed by atoms with van der Waals surface area (Å²) in [6, 6.07) is 23.7. The van der Waals surface area contributed by atoms with E-state index in [2.05, 4.69) is 41.4 Å². The van der Waals surface area contributed by atoms with Crippen molar-refractivity contribution in [3.8, 4) is 11.1 Å². The molecule has 0 saturated carbocycles. The van der Waals surface area contributed by atoms with Crippen LogP contribution in [0.25, 0.3) is 11.1 Å². The Morgan fingerprint density at radius 3 is 1.97 bits per heavy atom. The quantitative estimate of drug-likeness (QED) is 0.474. The van der Waals surface area contributed by atoms with Crippen molar-refractivity contribution in [3.05, 3.63) is 94.5 Å². The highest BCUT2D eigenvalue weighted by Crippen LogP contribution is 2.23. The van der Waals surface area contributed by atoms with Crippen LogP contribution in [0, 0.1) is 6.92 Å². The van der Waals surface area contributed by atoms with Gasteiger partial charge in [-0.05, 0) is 74.9 Å². The van der Waals surface area contributed by atoms with Crippen LogP contribution in [0.1, 0.15) is 33.9 Å². The van der Waals surface area contributed by atoms with Crippen molar-refractivity contribution in [1.82, 2.24) is 10.2 Å². The molecule has 0 spiro atoms. The van der Waals surface area contributed by atoms with E-state index in [0.717, 1.165) is 29.7 Å². The Labute approximate surface area is 190 Å². The number of rotatable bonds is 7. The molecule has 30 heavy (non-hydrogen) atoms. The fourth-order valence-corrected chi connectivity index (χ4v) is 3.33. The van der Waals surface area contributed by atoms with Gasteiger partial charge in [0, 0.05) is 10.6 Å². The fourth-order valence-electron chi connectivity index (χ4n) is 3.21. The normalized spacial score (nSPS) is 11.6. The van der Waals surface area contributed by atoms with Gasteiger partial charge in [-0.2, -0.15) is 0 Å². The topological polar surface area (TPSA) is 32.3 Å². The first kappa shape index (κ1) is 23.9. The number of nitrogens with one attached hydrogen (secondary N) is 1. The lowest BCUT2D eigenvalue weighted by atomic mass is 10.0. The molecular formula is C25H28Cl2N2O. The van der Waals surface area contributed by atoms with Crippen LogP contribution in [0.2, 0.25) is 5.02 Å². The Morgan fingerprint density at radius 1 is 0.900 bits per heavy atom. The van der Waals surface area contributed by atoms with Gasteiger partial charge < -0.3 is 10.2 Å². The molecule has 0 heterocycles. The van der Waals surface area contributed by atoms with Gasteiger partial charge in [0.05, 0.1) is 6.04 Å². The monoisotopic (exact) mass is 442 g/mol. The Hall–Kier alpha value is -2.33. The second kappa shape index (κ2) is 11.2. The van der Waals surface area contributed by atoms with Crippen molar-refractivity contribution >= 4 is 29.9 Å². The van der Waals surface area contributed by atoms with Crippen molar-refractivity contribution in [3.63, 3.8) is 0 Å². The van der Waals surface area contributed by atoms with E-state index in [1.54, 1.807) is 0 Å². The zero-order valence-corrected chi connectivity index (χ0v) is 19.1. The van der Waals surface area contributed by atoms with Gasteiger partial charge in [-0.25, -0.2) is 0 Å². The molecule has 3 aromatic rings. The minimum atomic E-state index is -0.0583. The number of hydrogen-bond acceptors (Lipinski definition) is 2. The van der Waals surface area contributed by atoms with Crippen molar-refractivity contribution in [2.75, 3.05) is 20.6 Å². The molecule has 3 rings (SSSR count). The number of benzene rings is 3. The second-order valence-corrected chi connectivity index (χ2v) is 8.05. The number of halogens is 2. The van der Waals surface area contributed by atoms with Crippen molar-refractivity contribution in [2.24, 2.45) is 0 Å².